The minimum absolute atomic E-state index is 0.00537. The number of rotatable bonds is 28. The van der Waals surface area contributed by atoms with E-state index in [2.05, 4.69) is 26.6 Å². The van der Waals surface area contributed by atoms with Crippen molar-refractivity contribution >= 4 is 53.4 Å². The fraction of sp³-hybridized carbons (Fsp3) is 0.327. The Kier molecular flexibility index (Phi) is 22.9. The molecule has 4 aromatic rings. The van der Waals surface area contributed by atoms with E-state index in [1.807, 2.05) is 12.1 Å². The summed E-state index contributed by atoms with van der Waals surface area (Å²) in [7, 11) is 0. The van der Waals surface area contributed by atoms with Crippen molar-refractivity contribution in [3.05, 3.63) is 144 Å². The van der Waals surface area contributed by atoms with Crippen LogP contribution >= 0.6 is 0 Å². The normalized spacial score (nSPS) is 11.8. The monoisotopic (exact) mass is 936 g/mol. The highest BCUT2D eigenvalue weighted by molar-refractivity contribution is 5.93. The van der Waals surface area contributed by atoms with Crippen molar-refractivity contribution < 1.29 is 62.1 Å². The van der Waals surface area contributed by atoms with Crippen molar-refractivity contribution in [1.29, 1.82) is 0 Å². The molecule has 19 nitrogen and oxygen atoms in total. The van der Waals surface area contributed by atoms with Gasteiger partial charge >= 0.3 is 23.9 Å². The number of carbonyl (C=O) groups excluding carboxylic acids is 9. The van der Waals surface area contributed by atoms with E-state index in [1.54, 1.807) is 109 Å². The van der Waals surface area contributed by atoms with Gasteiger partial charge in [0.1, 0.15) is 44.6 Å². The molecular formula is C49H56N6O13. The van der Waals surface area contributed by atoms with Crippen LogP contribution in [-0.2, 0) is 88.5 Å². The Morgan fingerprint density at radius 2 is 0.735 bits per heavy atom. The molecule has 68 heavy (non-hydrogen) atoms. The standard InChI is InChI=1S/C49H56N6O13/c50-27-42(57)53-38(47(62)52-29-44(59)55-40(49(64)68-33-37-19-11-4-12-20-37)23-26-46(61)66-31-35-15-7-2-8-16-35)21-24-41(56)51-28-43(58)54-39(48(63)67-32-36-17-9-3-10-18-36)22-25-45(60)65-30-34-13-5-1-6-14-34/h1-20,38-40H,21-33,50H2,(H,51,56)(H,52,62)(H,53,57)(H,54,58)(H,55,59). The third kappa shape index (κ3) is 20.9. The average Bonchev–Trinajstić information content (AvgIpc) is 3.36. The SMILES string of the molecule is NCC(=O)NC(CCC(=O)NCC(=O)NC(CCC(=O)OCc1ccccc1)C(=O)OCc1ccccc1)C(=O)NCC(=O)NC(CCC(=O)OCc1ccccc1)C(=O)OCc1ccccc1. The van der Waals surface area contributed by atoms with Crippen LogP contribution in [0.4, 0.5) is 0 Å². The van der Waals surface area contributed by atoms with Gasteiger partial charge in [0, 0.05) is 19.3 Å². The van der Waals surface area contributed by atoms with Crippen molar-refractivity contribution in [2.24, 2.45) is 5.73 Å². The Bertz CT molecular complexity index is 2270. The van der Waals surface area contributed by atoms with Gasteiger partial charge < -0.3 is 51.3 Å². The Balaban J connectivity index is 1.27. The predicted molar refractivity (Wildman–Crippen MR) is 244 cm³/mol. The van der Waals surface area contributed by atoms with Gasteiger partial charge in [0.15, 0.2) is 0 Å². The summed E-state index contributed by atoms with van der Waals surface area (Å²) in [6, 6.07) is 31.5. The van der Waals surface area contributed by atoms with Crippen LogP contribution in [0.2, 0.25) is 0 Å². The molecule has 0 saturated carbocycles. The van der Waals surface area contributed by atoms with Crippen LogP contribution in [0.3, 0.4) is 0 Å². The molecule has 0 aromatic heterocycles. The summed E-state index contributed by atoms with van der Waals surface area (Å²) < 4.78 is 21.4. The summed E-state index contributed by atoms with van der Waals surface area (Å²) in [6.07, 6.45) is -1.54. The first kappa shape index (κ1) is 52.7. The van der Waals surface area contributed by atoms with Crippen molar-refractivity contribution in [2.45, 2.75) is 83.1 Å². The molecule has 0 bridgehead atoms. The van der Waals surface area contributed by atoms with E-state index in [0.29, 0.717) is 11.1 Å². The molecule has 3 unspecified atom stereocenters. The lowest BCUT2D eigenvalue weighted by atomic mass is 10.1. The zero-order chi connectivity index (χ0) is 48.9. The molecule has 5 amide bonds. The summed E-state index contributed by atoms with van der Waals surface area (Å²) in [4.78, 5) is 116. The maximum Gasteiger partial charge on any atom is 0.328 e. The van der Waals surface area contributed by atoms with E-state index >= 15 is 0 Å². The van der Waals surface area contributed by atoms with Crippen LogP contribution < -0.4 is 32.3 Å². The minimum Gasteiger partial charge on any atom is -0.461 e. The van der Waals surface area contributed by atoms with Crippen LogP contribution in [0.15, 0.2) is 121 Å². The fourth-order valence-corrected chi connectivity index (χ4v) is 6.15. The first-order chi connectivity index (χ1) is 32.9. The van der Waals surface area contributed by atoms with Gasteiger partial charge in [0.05, 0.1) is 19.6 Å². The molecule has 0 aliphatic rings. The summed E-state index contributed by atoms with van der Waals surface area (Å²) >= 11 is 0. The topological polar surface area (TPSA) is 277 Å². The van der Waals surface area contributed by atoms with E-state index in [0.717, 1.165) is 11.1 Å². The zero-order valence-electron chi connectivity index (χ0n) is 37.4. The fourth-order valence-electron chi connectivity index (χ4n) is 6.15. The molecule has 0 fully saturated rings. The van der Waals surface area contributed by atoms with E-state index in [9.17, 15) is 43.2 Å². The largest absolute Gasteiger partial charge is 0.461 e. The summed E-state index contributed by atoms with van der Waals surface area (Å²) in [5, 5.41) is 12.1. The zero-order valence-corrected chi connectivity index (χ0v) is 37.4. The number of hydrogen-bond donors (Lipinski definition) is 6. The number of esters is 4. The third-order valence-electron chi connectivity index (χ3n) is 9.81. The smallest absolute Gasteiger partial charge is 0.328 e. The molecule has 0 radical (unpaired) electrons. The average molecular weight is 937 g/mol. The second-order valence-electron chi connectivity index (χ2n) is 15.2. The van der Waals surface area contributed by atoms with E-state index in [-0.39, 0.29) is 58.5 Å². The van der Waals surface area contributed by atoms with E-state index in [1.165, 1.54) is 0 Å². The van der Waals surface area contributed by atoms with Gasteiger partial charge in [0.25, 0.3) is 0 Å². The lowest BCUT2D eigenvalue weighted by Gasteiger charge is -2.20. The van der Waals surface area contributed by atoms with Gasteiger partial charge in [-0.05, 0) is 41.5 Å². The van der Waals surface area contributed by atoms with Crippen LogP contribution in [-0.4, -0.2) is 91.2 Å². The van der Waals surface area contributed by atoms with Crippen LogP contribution in [0.5, 0.6) is 0 Å². The molecule has 4 rings (SSSR count). The molecule has 0 heterocycles. The van der Waals surface area contributed by atoms with Gasteiger partial charge in [-0.1, -0.05) is 121 Å². The highest BCUT2D eigenvalue weighted by Crippen LogP contribution is 2.10. The number of ether oxygens (including phenoxy) is 4. The number of benzene rings is 4. The molecular weight excluding hydrogens is 881 g/mol. The molecule has 0 aliphatic carbocycles. The van der Waals surface area contributed by atoms with Crippen LogP contribution in [0.25, 0.3) is 0 Å². The Labute approximate surface area is 393 Å². The van der Waals surface area contributed by atoms with Gasteiger partial charge in [-0.2, -0.15) is 0 Å². The van der Waals surface area contributed by atoms with Gasteiger partial charge in [-0.3, -0.25) is 33.6 Å². The molecule has 19 heteroatoms. The number of carbonyl (C=O) groups is 9. The van der Waals surface area contributed by atoms with E-state index < -0.39 is 97.6 Å². The first-order valence-electron chi connectivity index (χ1n) is 21.8. The van der Waals surface area contributed by atoms with E-state index in [4.69, 9.17) is 24.7 Å². The molecule has 0 saturated heterocycles. The molecule has 360 valence electrons. The van der Waals surface area contributed by atoms with Crippen molar-refractivity contribution in [3.63, 3.8) is 0 Å². The maximum atomic E-state index is 13.2. The van der Waals surface area contributed by atoms with Crippen molar-refractivity contribution in [1.82, 2.24) is 26.6 Å². The number of nitrogens with one attached hydrogen (secondary N) is 5. The van der Waals surface area contributed by atoms with Crippen LogP contribution in [0, 0.1) is 0 Å². The summed E-state index contributed by atoms with van der Waals surface area (Å²) in [5.41, 5.74) is 8.33. The lowest BCUT2D eigenvalue weighted by Crippen LogP contribution is -2.52. The second-order valence-corrected chi connectivity index (χ2v) is 15.2. The molecule has 0 aliphatic heterocycles. The number of nitrogens with two attached hydrogens (primary N) is 1. The highest BCUT2D eigenvalue weighted by Gasteiger charge is 2.27. The highest BCUT2D eigenvalue weighted by atomic mass is 16.5. The molecule has 4 aromatic carbocycles. The lowest BCUT2D eigenvalue weighted by molar-refractivity contribution is -0.151. The Morgan fingerprint density at radius 3 is 1.12 bits per heavy atom. The molecule has 7 N–H and O–H groups in total. The van der Waals surface area contributed by atoms with Crippen molar-refractivity contribution in [2.75, 3.05) is 19.6 Å². The summed E-state index contributed by atoms with van der Waals surface area (Å²) in [6.45, 7) is -1.98. The minimum atomic E-state index is -1.37. The maximum absolute atomic E-state index is 13.2. The van der Waals surface area contributed by atoms with Crippen molar-refractivity contribution in [3.8, 4) is 0 Å². The molecule has 3 atom stereocenters. The quantitative estimate of drug-likeness (QED) is 0.0351. The third-order valence-corrected chi connectivity index (χ3v) is 9.81. The van der Waals surface area contributed by atoms with Gasteiger partial charge in [0.2, 0.25) is 29.5 Å². The number of amides is 5. The van der Waals surface area contributed by atoms with Gasteiger partial charge in [-0.25, -0.2) is 9.59 Å². The second kappa shape index (κ2) is 29.6. The Morgan fingerprint density at radius 1 is 0.397 bits per heavy atom. The molecule has 0 spiro atoms. The summed E-state index contributed by atoms with van der Waals surface area (Å²) in [5.74, 6) is -6.87. The number of hydrogen-bond acceptors (Lipinski definition) is 14. The first-order valence-corrected chi connectivity index (χ1v) is 21.8. The predicted octanol–water partition coefficient (Wildman–Crippen LogP) is 1.95. The van der Waals surface area contributed by atoms with Gasteiger partial charge in [-0.15, -0.1) is 0 Å². The Hall–Kier alpha value is -7.93. The van der Waals surface area contributed by atoms with Crippen LogP contribution in [0.1, 0.15) is 60.8 Å².